The lowest BCUT2D eigenvalue weighted by molar-refractivity contribution is -0.137. The van der Waals surface area contributed by atoms with E-state index in [1.54, 1.807) is 0 Å². The van der Waals surface area contributed by atoms with Crippen LogP contribution in [0, 0.1) is 0 Å². The fourth-order valence-electron chi connectivity index (χ4n) is 1.68. The summed E-state index contributed by atoms with van der Waals surface area (Å²) >= 11 is 11.3. The number of nitrogens with two attached hydrogens (primary N) is 2. The van der Waals surface area contributed by atoms with Crippen LogP contribution >= 0.6 is 23.2 Å². The molecule has 0 spiro atoms. The average Bonchev–Trinajstić information content (AvgIpc) is 2.41. The lowest BCUT2D eigenvalue weighted by Crippen LogP contribution is -2.10. The number of nitrogen functional groups attached to an aromatic ring is 2. The summed E-state index contributed by atoms with van der Waals surface area (Å²) in [6.45, 7) is 0.0250. The number of nitrogens with zero attached hydrogens (tertiary/aromatic N) is 2. The Kier molecular flexibility index (Phi) is 4.52. The quantitative estimate of drug-likeness (QED) is 0.735. The summed E-state index contributed by atoms with van der Waals surface area (Å²) in [6.07, 6.45) is -4.53. The lowest BCUT2D eigenvalue weighted by atomic mass is 10.1. The third-order valence-electron chi connectivity index (χ3n) is 2.71. The monoisotopic (exact) mass is 351 g/mol. The van der Waals surface area contributed by atoms with Crippen LogP contribution in [0.4, 0.5) is 30.6 Å². The van der Waals surface area contributed by atoms with Gasteiger partial charge >= 0.3 is 6.18 Å². The smallest absolute Gasteiger partial charge is 0.393 e. The van der Waals surface area contributed by atoms with Gasteiger partial charge in [0.15, 0.2) is 11.0 Å². The van der Waals surface area contributed by atoms with E-state index in [0.717, 1.165) is 6.07 Å². The van der Waals surface area contributed by atoms with E-state index in [1.807, 2.05) is 0 Å². The van der Waals surface area contributed by atoms with Gasteiger partial charge in [0, 0.05) is 6.54 Å². The molecule has 10 heteroatoms. The van der Waals surface area contributed by atoms with Crippen molar-refractivity contribution in [1.29, 1.82) is 0 Å². The van der Waals surface area contributed by atoms with Crippen LogP contribution in [0.5, 0.6) is 0 Å². The lowest BCUT2D eigenvalue weighted by Gasteiger charge is -2.13. The van der Waals surface area contributed by atoms with E-state index < -0.39 is 11.7 Å². The maximum Gasteiger partial charge on any atom is 0.417 e. The van der Waals surface area contributed by atoms with Gasteiger partial charge in [-0.25, -0.2) is 0 Å². The van der Waals surface area contributed by atoms with Crippen molar-refractivity contribution in [1.82, 2.24) is 9.97 Å². The highest BCUT2D eigenvalue weighted by Gasteiger charge is 2.33. The van der Waals surface area contributed by atoms with Crippen LogP contribution in [0.3, 0.4) is 0 Å². The van der Waals surface area contributed by atoms with E-state index in [9.17, 15) is 13.2 Å². The van der Waals surface area contributed by atoms with Crippen molar-refractivity contribution < 1.29 is 13.2 Å². The second kappa shape index (κ2) is 6.05. The molecule has 0 saturated heterocycles. The third-order valence-corrected chi connectivity index (χ3v) is 3.33. The van der Waals surface area contributed by atoms with E-state index in [4.69, 9.17) is 34.7 Å². The van der Waals surface area contributed by atoms with Gasteiger partial charge in [-0.2, -0.15) is 23.1 Å². The Morgan fingerprint density at radius 2 is 1.82 bits per heavy atom. The normalized spacial score (nSPS) is 11.5. The molecule has 0 aliphatic carbocycles. The molecule has 0 fully saturated rings. The van der Waals surface area contributed by atoms with Gasteiger partial charge in [-0.1, -0.05) is 29.3 Å². The van der Waals surface area contributed by atoms with Gasteiger partial charge in [0.1, 0.15) is 5.69 Å². The molecule has 2 rings (SSSR count). The Bertz CT molecular complexity index is 706. The van der Waals surface area contributed by atoms with Gasteiger partial charge < -0.3 is 16.8 Å². The Morgan fingerprint density at radius 1 is 1.14 bits per heavy atom. The number of alkyl halides is 3. The first-order valence-corrected chi connectivity index (χ1v) is 6.62. The zero-order valence-corrected chi connectivity index (χ0v) is 12.4. The zero-order chi connectivity index (χ0) is 16.5. The molecule has 0 bridgehead atoms. The van der Waals surface area contributed by atoms with Crippen LogP contribution in [-0.2, 0) is 12.7 Å². The molecule has 0 aliphatic rings. The molecule has 0 saturated carbocycles. The molecule has 2 aromatic rings. The molecule has 0 unspecified atom stereocenters. The van der Waals surface area contributed by atoms with Crippen molar-refractivity contribution in [2.45, 2.75) is 12.7 Å². The molecular formula is C12H10Cl2F3N5. The van der Waals surface area contributed by atoms with Crippen LogP contribution in [-0.4, -0.2) is 9.97 Å². The number of halogens is 5. The molecule has 1 heterocycles. The number of benzene rings is 1. The van der Waals surface area contributed by atoms with Crippen molar-refractivity contribution in [3.05, 3.63) is 39.5 Å². The highest BCUT2D eigenvalue weighted by atomic mass is 35.5. The van der Waals surface area contributed by atoms with E-state index in [1.165, 1.54) is 12.1 Å². The predicted molar refractivity (Wildman–Crippen MR) is 79.6 cm³/mol. The standard InChI is InChI=1S/C12H10Cl2F3N5/c13-7-2-1-5(3-6(7)12(15,16)17)4-20-10-8(18)9(14)21-11(19)22-10/h1-3H,4,18H2,(H3,19,20,21,22). The van der Waals surface area contributed by atoms with Crippen LogP contribution in [0.2, 0.25) is 10.2 Å². The summed E-state index contributed by atoms with van der Waals surface area (Å²) in [7, 11) is 0. The number of hydrogen-bond acceptors (Lipinski definition) is 5. The van der Waals surface area contributed by atoms with E-state index in [2.05, 4.69) is 15.3 Å². The molecule has 22 heavy (non-hydrogen) atoms. The zero-order valence-electron chi connectivity index (χ0n) is 10.9. The Hall–Kier alpha value is -1.93. The first kappa shape index (κ1) is 16.4. The average molecular weight is 352 g/mol. The predicted octanol–water partition coefficient (Wildman–Crippen LogP) is 3.58. The van der Waals surface area contributed by atoms with Crippen LogP contribution in [0.25, 0.3) is 0 Å². The molecule has 0 radical (unpaired) electrons. The summed E-state index contributed by atoms with van der Waals surface area (Å²) < 4.78 is 38.3. The number of rotatable bonds is 3. The van der Waals surface area contributed by atoms with Gasteiger partial charge in [0.05, 0.1) is 10.6 Å². The van der Waals surface area contributed by atoms with Gasteiger partial charge in [-0.3, -0.25) is 0 Å². The number of nitrogens with one attached hydrogen (secondary N) is 1. The van der Waals surface area contributed by atoms with E-state index >= 15 is 0 Å². The molecule has 0 aliphatic heterocycles. The fraction of sp³-hybridized carbons (Fsp3) is 0.167. The SMILES string of the molecule is Nc1nc(Cl)c(N)c(NCc2ccc(Cl)c(C(F)(F)F)c2)n1. The molecule has 5 nitrogen and oxygen atoms in total. The van der Waals surface area contributed by atoms with Gasteiger partial charge in [-0.05, 0) is 17.7 Å². The number of hydrogen-bond donors (Lipinski definition) is 3. The Balaban J connectivity index is 2.23. The molecular weight excluding hydrogens is 342 g/mol. The fourth-order valence-corrected chi connectivity index (χ4v) is 2.08. The summed E-state index contributed by atoms with van der Waals surface area (Å²) in [5.74, 6) is 0.0368. The minimum atomic E-state index is -4.53. The first-order valence-electron chi connectivity index (χ1n) is 5.86. The molecule has 0 amide bonds. The summed E-state index contributed by atoms with van der Waals surface area (Å²) in [4.78, 5) is 7.48. The van der Waals surface area contributed by atoms with Gasteiger partial charge in [0.2, 0.25) is 5.95 Å². The Morgan fingerprint density at radius 3 is 2.45 bits per heavy atom. The summed E-state index contributed by atoms with van der Waals surface area (Å²) in [5, 5.41) is 2.35. The van der Waals surface area contributed by atoms with E-state index in [-0.39, 0.29) is 34.2 Å². The van der Waals surface area contributed by atoms with Gasteiger partial charge in [0.25, 0.3) is 0 Å². The van der Waals surface area contributed by atoms with Crippen LogP contribution in [0.1, 0.15) is 11.1 Å². The minimum Gasteiger partial charge on any atom is -0.393 e. The molecule has 1 aromatic carbocycles. The first-order chi connectivity index (χ1) is 10.2. The van der Waals surface area contributed by atoms with Crippen LogP contribution < -0.4 is 16.8 Å². The second-order valence-corrected chi connectivity index (χ2v) is 5.07. The topological polar surface area (TPSA) is 89.8 Å². The number of anilines is 3. The second-order valence-electron chi connectivity index (χ2n) is 4.30. The largest absolute Gasteiger partial charge is 0.417 e. The van der Waals surface area contributed by atoms with Gasteiger partial charge in [-0.15, -0.1) is 0 Å². The van der Waals surface area contributed by atoms with Crippen molar-refractivity contribution in [2.75, 3.05) is 16.8 Å². The third kappa shape index (κ3) is 3.63. The van der Waals surface area contributed by atoms with Crippen LogP contribution in [0.15, 0.2) is 18.2 Å². The van der Waals surface area contributed by atoms with Crippen molar-refractivity contribution >= 4 is 40.7 Å². The minimum absolute atomic E-state index is 0.0250. The molecule has 0 atom stereocenters. The maximum atomic E-state index is 12.8. The van der Waals surface area contributed by atoms with Crippen molar-refractivity contribution in [3.63, 3.8) is 0 Å². The molecule has 1 aromatic heterocycles. The maximum absolute atomic E-state index is 12.8. The summed E-state index contributed by atoms with van der Waals surface area (Å²) in [5.41, 5.74) is 10.6. The highest BCUT2D eigenvalue weighted by molar-refractivity contribution is 6.32. The van der Waals surface area contributed by atoms with E-state index in [0.29, 0.717) is 5.56 Å². The molecule has 118 valence electrons. The molecule has 5 N–H and O–H groups in total. The number of aromatic nitrogens is 2. The Labute approximate surface area is 133 Å². The van der Waals surface area contributed by atoms with Crippen molar-refractivity contribution in [2.24, 2.45) is 0 Å². The highest BCUT2D eigenvalue weighted by Crippen LogP contribution is 2.35. The van der Waals surface area contributed by atoms with Crippen molar-refractivity contribution in [3.8, 4) is 0 Å². The summed E-state index contributed by atoms with van der Waals surface area (Å²) in [6, 6.07) is 3.57.